The van der Waals surface area contributed by atoms with E-state index in [4.69, 9.17) is 11.6 Å². The molecule has 0 aromatic heterocycles. The molecule has 110 valence electrons. The van der Waals surface area contributed by atoms with Crippen LogP contribution in [0.15, 0.2) is 48.5 Å². The minimum atomic E-state index is 0.469. The predicted molar refractivity (Wildman–Crippen MR) is 98.3 cm³/mol. The first kappa shape index (κ1) is 15.1. The molecule has 1 aliphatic heterocycles. The van der Waals surface area contributed by atoms with E-state index in [0.717, 1.165) is 36.8 Å². The summed E-state index contributed by atoms with van der Waals surface area (Å²) in [6.07, 6.45) is 1.05. The van der Waals surface area contributed by atoms with Crippen LogP contribution < -0.4 is 10.2 Å². The van der Waals surface area contributed by atoms with E-state index in [1.54, 1.807) is 0 Å². The van der Waals surface area contributed by atoms with Crippen molar-refractivity contribution in [2.24, 2.45) is 0 Å². The molecule has 0 spiro atoms. The Kier molecular flexibility index (Phi) is 5.03. The van der Waals surface area contributed by atoms with Gasteiger partial charge in [0.2, 0.25) is 0 Å². The van der Waals surface area contributed by atoms with Gasteiger partial charge in [0.25, 0.3) is 0 Å². The zero-order valence-electron chi connectivity index (χ0n) is 11.7. The molecule has 1 unspecified atom stereocenters. The van der Waals surface area contributed by atoms with Crippen molar-refractivity contribution < 1.29 is 0 Å². The Morgan fingerprint density at radius 2 is 2.00 bits per heavy atom. The van der Waals surface area contributed by atoms with Crippen LogP contribution in [0.5, 0.6) is 0 Å². The molecule has 1 aliphatic rings. The molecule has 2 nitrogen and oxygen atoms in total. The van der Waals surface area contributed by atoms with Gasteiger partial charge in [-0.1, -0.05) is 41.9 Å². The highest BCUT2D eigenvalue weighted by atomic mass is 127. The van der Waals surface area contributed by atoms with Crippen molar-refractivity contribution in [3.05, 3.63) is 62.7 Å². The molecule has 0 radical (unpaired) electrons. The number of piperazine rings is 1. The van der Waals surface area contributed by atoms with E-state index < -0.39 is 0 Å². The van der Waals surface area contributed by atoms with E-state index in [0.29, 0.717) is 6.04 Å². The van der Waals surface area contributed by atoms with E-state index >= 15 is 0 Å². The van der Waals surface area contributed by atoms with Crippen LogP contribution in [0.4, 0.5) is 5.69 Å². The maximum atomic E-state index is 6.40. The molecule has 0 saturated carbocycles. The summed E-state index contributed by atoms with van der Waals surface area (Å²) in [5.74, 6) is 0. The summed E-state index contributed by atoms with van der Waals surface area (Å²) in [6, 6.07) is 17.4. The molecular weight excluding hydrogens is 395 g/mol. The molecule has 0 bridgehead atoms. The van der Waals surface area contributed by atoms with Crippen molar-refractivity contribution in [2.45, 2.75) is 12.5 Å². The average molecular weight is 413 g/mol. The number of nitrogens with one attached hydrogen (secondary N) is 1. The number of anilines is 1. The Morgan fingerprint density at radius 3 is 2.76 bits per heavy atom. The highest BCUT2D eigenvalue weighted by molar-refractivity contribution is 14.1. The molecule has 2 aromatic carbocycles. The fourth-order valence-corrected chi connectivity index (χ4v) is 3.79. The topological polar surface area (TPSA) is 15.3 Å². The Bertz CT molecular complexity index is 603. The lowest BCUT2D eigenvalue weighted by atomic mass is 10.0. The summed E-state index contributed by atoms with van der Waals surface area (Å²) in [5.41, 5.74) is 2.53. The third-order valence-corrected chi connectivity index (χ3v) is 4.80. The Hall–Kier alpha value is -0.780. The summed E-state index contributed by atoms with van der Waals surface area (Å²) in [4.78, 5) is 2.39. The standard InChI is InChI=1S/C17H18ClIN2/c18-16-11-14(19)6-7-17(16)21-9-8-20-15(12-21)10-13-4-2-1-3-5-13/h1-7,11,15,20H,8-10,12H2. The third-order valence-electron chi connectivity index (χ3n) is 3.83. The van der Waals surface area contributed by atoms with Crippen LogP contribution in [0.3, 0.4) is 0 Å². The van der Waals surface area contributed by atoms with Crippen LogP contribution in [-0.2, 0) is 6.42 Å². The minimum Gasteiger partial charge on any atom is -0.367 e. The lowest BCUT2D eigenvalue weighted by Crippen LogP contribution is -2.51. The second-order valence-electron chi connectivity index (χ2n) is 5.38. The largest absolute Gasteiger partial charge is 0.367 e. The molecule has 1 N–H and O–H groups in total. The smallest absolute Gasteiger partial charge is 0.0650 e. The molecule has 2 aromatic rings. The highest BCUT2D eigenvalue weighted by Crippen LogP contribution is 2.28. The second kappa shape index (κ2) is 6.99. The first-order valence-electron chi connectivity index (χ1n) is 7.20. The van der Waals surface area contributed by atoms with Gasteiger partial charge < -0.3 is 10.2 Å². The summed E-state index contributed by atoms with van der Waals surface area (Å²) in [7, 11) is 0. The highest BCUT2D eigenvalue weighted by Gasteiger charge is 2.21. The zero-order valence-corrected chi connectivity index (χ0v) is 14.6. The molecule has 1 atom stereocenters. The number of benzene rings is 2. The molecule has 0 aliphatic carbocycles. The van der Waals surface area contributed by atoms with Gasteiger partial charge in [0.05, 0.1) is 10.7 Å². The second-order valence-corrected chi connectivity index (χ2v) is 7.04. The van der Waals surface area contributed by atoms with Gasteiger partial charge in [-0.3, -0.25) is 0 Å². The first-order valence-corrected chi connectivity index (χ1v) is 8.65. The van der Waals surface area contributed by atoms with E-state index in [9.17, 15) is 0 Å². The Balaban J connectivity index is 1.71. The van der Waals surface area contributed by atoms with Gasteiger partial charge in [-0.15, -0.1) is 0 Å². The summed E-state index contributed by atoms with van der Waals surface area (Å²) in [5, 5.41) is 4.46. The van der Waals surface area contributed by atoms with Crippen molar-refractivity contribution in [3.8, 4) is 0 Å². The fraction of sp³-hybridized carbons (Fsp3) is 0.294. The Labute approximate surface area is 144 Å². The van der Waals surface area contributed by atoms with E-state index in [1.165, 1.54) is 9.13 Å². The van der Waals surface area contributed by atoms with Crippen molar-refractivity contribution in [1.29, 1.82) is 0 Å². The Morgan fingerprint density at radius 1 is 1.19 bits per heavy atom. The van der Waals surface area contributed by atoms with Crippen molar-refractivity contribution in [2.75, 3.05) is 24.5 Å². The van der Waals surface area contributed by atoms with E-state index in [1.807, 2.05) is 6.07 Å². The maximum absolute atomic E-state index is 6.40. The number of halogens is 2. The zero-order chi connectivity index (χ0) is 14.7. The van der Waals surface area contributed by atoms with Crippen LogP contribution in [-0.4, -0.2) is 25.7 Å². The summed E-state index contributed by atoms with van der Waals surface area (Å²) >= 11 is 8.70. The molecule has 21 heavy (non-hydrogen) atoms. The van der Waals surface area contributed by atoms with Crippen molar-refractivity contribution >= 4 is 39.9 Å². The van der Waals surface area contributed by atoms with Gasteiger partial charge in [-0.05, 0) is 52.8 Å². The minimum absolute atomic E-state index is 0.469. The third kappa shape index (κ3) is 3.90. The lowest BCUT2D eigenvalue weighted by molar-refractivity contribution is 0.455. The van der Waals surface area contributed by atoms with Crippen LogP contribution in [0.25, 0.3) is 0 Å². The summed E-state index contributed by atoms with van der Waals surface area (Å²) < 4.78 is 1.18. The summed E-state index contributed by atoms with van der Waals surface area (Å²) in [6.45, 7) is 3.00. The van der Waals surface area contributed by atoms with Gasteiger partial charge in [-0.2, -0.15) is 0 Å². The normalized spacial score (nSPS) is 18.8. The number of hydrogen-bond donors (Lipinski definition) is 1. The maximum Gasteiger partial charge on any atom is 0.0650 e. The fourth-order valence-electron chi connectivity index (χ4n) is 2.82. The van der Waals surface area contributed by atoms with Gasteiger partial charge >= 0.3 is 0 Å². The van der Waals surface area contributed by atoms with Crippen LogP contribution >= 0.6 is 34.2 Å². The van der Waals surface area contributed by atoms with Crippen LogP contribution in [0.2, 0.25) is 5.02 Å². The molecule has 1 heterocycles. The molecule has 3 rings (SSSR count). The van der Waals surface area contributed by atoms with E-state index in [2.05, 4.69) is 75.3 Å². The van der Waals surface area contributed by atoms with Crippen LogP contribution in [0.1, 0.15) is 5.56 Å². The van der Waals surface area contributed by atoms with Gasteiger partial charge in [-0.25, -0.2) is 0 Å². The number of rotatable bonds is 3. The molecule has 0 amide bonds. The van der Waals surface area contributed by atoms with Crippen LogP contribution in [0, 0.1) is 3.57 Å². The number of nitrogens with zero attached hydrogens (tertiary/aromatic N) is 1. The quantitative estimate of drug-likeness (QED) is 0.768. The number of hydrogen-bond acceptors (Lipinski definition) is 2. The van der Waals surface area contributed by atoms with E-state index in [-0.39, 0.29) is 0 Å². The average Bonchev–Trinajstić information content (AvgIpc) is 2.48. The van der Waals surface area contributed by atoms with Gasteiger partial charge in [0, 0.05) is 29.2 Å². The molecule has 1 fully saturated rings. The SMILES string of the molecule is Clc1cc(I)ccc1N1CCNC(Cc2ccccc2)C1. The lowest BCUT2D eigenvalue weighted by Gasteiger charge is -2.36. The molecular formula is C17H18ClIN2. The van der Waals surface area contributed by atoms with Crippen molar-refractivity contribution in [1.82, 2.24) is 5.32 Å². The van der Waals surface area contributed by atoms with Crippen molar-refractivity contribution in [3.63, 3.8) is 0 Å². The van der Waals surface area contributed by atoms with Gasteiger partial charge in [0.1, 0.15) is 0 Å². The predicted octanol–water partition coefficient (Wildman–Crippen LogP) is 3.97. The van der Waals surface area contributed by atoms with Gasteiger partial charge in [0.15, 0.2) is 0 Å². The first-order chi connectivity index (χ1) is 10.2. The molecule has 1 saturated heterocycles. The monoisotopic (exact) mass is 412 g/mol. The molecule has 4 heteroatoms.